The van der Waals surface area contributed by atoms with Gasteiger partial charge < -0.3 is 18.8 Å². The Bertz CT molecular complexity index is 690. The molecule has 1 aromatic rings. The maximum atomic E-state index is 14.8. The van der Waals surface area contributed by atoms with E-state index in [2.05, 4.69) is 19.6 Å². The van der Waals surface area contributed by atoms with Gasteiger partial charge in [-0.3, -0.25) is 0 Å². The van der Waals surface area contributed by atoms with Crippen LogP contribution in [0.1, 0.15) is 33.3 Å². The molecule has 0 unspecified atom stereocenters. The Morgan fingerprint density at radius 1 is 0.929 bits per heavy atom. The van der Waals surface area contributed by atoms with E-state index in [9.17, 15) is 13.2 Å². The largest absolute Gasteiger partial charge is 0.498 e. The molecular formula is C19H30BF3O4Si. The topological polar surface area (TPSA) is 36.9 Å². The summed E-state index contributed by atoms with van der Waals surface area (Å²) in [6.07, 6.45) is 0. The molecule has 0 aromatic heterocycles. The molecule has 1 saturated heterocycles. The predicted octanol–water partition coefficient (Wildman–Crippen LogP) is 4.40. The van der Waals surface area contributed by atoms with Crippen LogP contribution in [0, 0.1) is 24.4 Å². The highest BCUT2D eigenvalue weighted by Gasteiger charge is 2.53. The van der Waals surface area contributed by atoms with Gasteiger partial charge >= 0.3 is 7.12 Å². The molecule has 0 amide bonds. The van der Waals surface area contributed by atoms with Crippen molar-refractivity contribution in [1.82, 2.24) is 0 Å². The normalized spacial score (nSPS) is 18.6. The summed E-state index contributed by atoms with van der Waals surface area (Å²) in [6.45, 7) is 15.1. The van der Waals surface area contributed by atoms with Crippen molar-refractivity contribution in [1.29, 1.82) is 0 Å². The second-order valence-corrected chi connectivity index (χ2v) is 15.0. The highest BCUT2D eigenvalue weighted by atomic mass is 28.3. The molecule has 0 spiro atoms. The third-order valence-corrected chi connectivity index (χ3v) is 7.04. The van der Waals surface area contributed by atoms with E-state index in [0.29, 0.717) is 6.61 Å². The second-order valence-electron chi connectivity index (χ2n) is 9.38. The number of hydrogen-bond acceptors (Lipinski definition) is 4. The Morgan fingerprint density at radius 2 is 1.46 bits per heavy atom. The van der Waals surface area contributed by atoms with Gasteiger partial charge in [0.1, 0.15) is 0 Å². The van der Waals surface area contributed by atoms with Crippen LogP contribution in [0.25, 0.3) is 0 Å². The SMILES string of the molecule is Cc1c(F)c(OCOCC[Si](C)(C)C)c(F)c(F)c1B1OC(C)(C)C(C)(C)O1. The highest BCUT2D eigenvalue weighted by molar-refractivity contribution is 6.76. The van der Waals surface area contributed by atoms with Gasteiger partial charge in [-0.2, -0.15) is 4.39 Å². The number of hydrogen-bond donors (Lipinski definition) is 0. The summed E-state index contributed by atoms with van der Waals surface area (Å²) in [5.41, 5.74) is -1.93. The summed E-state index contributed by atoms with van der Waals surface area (Å²) < 4.78 is 65.9. The molecule has 9 heteroatoms. The standard InChI is InChI=1S/C19H30BF3O4Si/c1-12-13(20-26-18(2,3)19(4,5)27-20)15(22)16(23)17(14(12)21)25-11-24-9-10-28(6,7)8/h9-11H2,1-8H3. The summed E-state index contributed by atoms with van der Waals surface area (Å²) in [5, 5.41) is 0. The quantitative estimate of drug-likeness (QED) is 0.285. The molecule has 1 fully saturated rings. The number of halogens is 3. The number of benzene rings is 1. The molecule has 2 rings (SSSR count). The Labute approximate surface area is 166 Å². The fourth-order valence-corrected chi connectivity index (χ4v) is 3.43. The zero-order valence-electron chi connectivity index (χ0n) is 18.0. The molecule has 0 radical (unpaired) electrons. The van der Waals surface area contributed by atoms with Gasteiger partial charge in [-0.15, -0.1) is 0 Å². The lowest BCUT2D eigenvalue weighted by Gasteiger charge is -2.32. The van der Waals surface area contributed by atoms with E-state index in [1.54, 1.807) is 27.7 Å². The molecule has 1 aliphatic rings. The average Bonchev–Trinajstić information content (AvgIpc) is 2.75. The first kappa shape index (κ1) is 23.3. The van der Waals surface area contributed by atoms with Crippen LogP contribution in [0.5, 0.6) is 5.75 Å². The molecule has 1 aromatic carbocycles. The zero-order valence-corrected chi connectivity index (χ0v) is 19.0. The lowest BCUT2D eigenvalue weighted by atomic mass is 9.75. The first-order valence-corrected chi connectivity index (χ1v) is 13.1. The van der Waals surface area contributed by atoms with Gasteiger partial charge in [-0.1, -0.05) is 19.6 Å². The first-order chi connectivity index (χ1) is 12.7. The molecule has 158 valence electrons. The van der Waals surface area contributed by atoms with Crippen LogP contribution in [-0.4, -0.2) is 39.8 Å². The van der Waals surface area contributed by atoms with Gasteiger partial charge in [0, 0.05) is 20.1 Å². The lowest BCUT2D eigenvalue weighted by Crippen LogP contribution is -2.41. The minimum atomic E-state index is -1.42. The summed E-state index contributed by atoms with van der Waals surface area (Å²) in [4.78, 5) is 0. The molecule has 0 N–H and O–H groups in total. The number of rotatable bonds is 7. The summed E-state index contributed by atoms with van der Waals surface area (Å²) >= 11 is 0. The zero-order chi connectivity index (χ0) is 21.5. The molecule has 4 nitrogen and oxygen atoms in total. The third kappa shape index (κ3) is 4.75. The van der Waals surface area contributed by atoms with E-state index in [4.69, 9.17) is 18.8 Å². The predicted molar refractivity (Wildman–Crippen MR) is 106 cm³/mol. The van der Waals surface area contributed by atoms with Crippen LogP contribution in [0.15, 0.2) is 0 Å². The fraction of sp³-hybridized carbons (Fsp3) is 0.684. The van der Waals surface area contributed by atoms with E-state index in [-0.39, 0.29) is 17.8 Å². The molecule has 28 heavy (non-hydrogen) atoms. The minimum Gasteiger partial charge on any atom is -0.461 e. The van der Waals surface area contributed by atoms with Crippen molar-refractivity contribution < 1.29 is 32.0 Å². The Kier molecular flexibility index (Phi) is 6.65. The van der Waals surface area contributed by atoms with Crippen LogP contribution >= 0.6 is 0 Å². The fourth-order valence-electron chi connectivity index (χ4n) is 2.67. The Hall–Kier alpha value is -1.03. The van der Waals surface area contributed by atoms with E-state index >= 15 is 0 Å². The van der Waals surface area contributed by atoms with Gasteiger partial charge in [-0.05, 0) is 46.2 Å². The molecule has 0 saturated carbocycles. The van der Waals surface area contributed by atoms with Gasteiger partial charge in [-0.25, -0.2) is 8.78 Å². The van der Waals surface area contributed by atoms with Crippen molar-refractivity contribution in [3.8, 4) is 5.75 Å². The van der Waals surface area contributed by atoms with Crippen LogP contribution in [0.2, 0.25) is 25.7 Å². The van der Waals surface area contributed by atoms with Gasteiger partial charge in [0.15, 0.2) is 24.2 Å². The molecule has 1 aliphatic heterocycles. The maximum Gasteiger partial charge on any atom is 0.498 e. The first-order valence-electron chi connectivity index (χ1n) is 9.41. The Morgan fingerprint density at radius 3 is 1.96 bits per heavy atom. The van der Waals surface area contributed by atoms with Crippen LogP contribution < -0.4 is 10.2 Å². The third-order valence-electron chi connectivity index (χ3n) is 5.33. The Balaban J connectivity index is 2.20. The second kappa shape index (κ2) is 8.01. The summed E-state index contributed by atoms with van der Waals surface area (Å²) in [7, 11) is -2.50. The lowest BCUT2D eigenvalue weighted by molar-refractivity contribution is 0.00578. The highest BCUT2D eigenvalue weighted by Crippen LogP contribution is 2.38. The van der Waals surface area contributed by atoms with E-state index in [1.807, 2.05) is 0 Å². The van der Waals surface area contributed by atoms with Crippen LogP contribution in [0.3, 0.4) is 0 Å². The summed E-state index contributed by atoms with van der Waals surface area (Å²) in [6, 6.07) is 0.885. The molecule has 0 aliphatic carbocycles. The monoisotopic (exact) mass is 418 g/mol. The van der Waals surface area contributed by atoms with Crippen molar-refractivity contribution >= 4 is 20.7 Å². The molecule has 0 atom stereocenters. The van der Waals surface area contributed by atoms with Crippen molar-refractivity contribution in [2.45, 2.75) is 71.5 Å². The van der Waals surface area contributed by atoms with Gasteiger partial charge in [0.25, 0.3) is 0 Å². The smallest absolute Gasteiger partial charge is 0.461 e. The summed E-state index contributed by atoms with van der Waals surface area (Å²) in [5.74, 6) is -4.43. The van der Waals surface area contributed by atoms with Crippen molar-refractivity contribution in [2.24, 2.45) is 0 Å². The molecular weight excluding hydrogens is 388 g/mol. The van der Waals surface area contributed by atoms with Crippen LogP contribution in [0.4, 0.5) is 13.2 Å². The van der Waals surface area contributed by atoms with E-state index < -0.39 is 49.6 Å². The van der Waals surface area contributed by atoms with Crippen LogP contribution in [-0.2, 0) is 14.0 Å². The molecule has 0 bridgehead atoms. The number of ether oxygens (including phenoxy) is 2. The molecule has 1 heterocycles. The van der Waals surface area contributed by atoms with Gasteiger partial charge in [0.2, 0.25) is 5.82 Å². The van der Waals surface area contributed by atoms with E-state index in [0.717, 1.165) is 6.04 Å². The average molecular weight is 418 g/mol. The van der Waals surface area contributed by atoms with Crippen molar-refractivity contribution in [3.05, 3.63) is 23.0 Å². The van der Waals surface area contributed by atoms with Gasteiger partial charge in [0.05, 0.1) is 11.2 Å². The maximum absolute atomic E-state index is 14.8. The van der Waals surface area contributed by atoms with E-state index in [1.165, 1.54) is 6.92 Å². The minimum absolute atomic E-state index is 0.116. The van der Waals surface area contributed by atoms with Crippen molar-refractivity contribution in [3.63, 3.8) is 0 Å². The van der Waals surface area contributed by atoms with Crippen molar-refractivity contribution in [2.75, 3.05) is 13.4 Å².